The lowest BCUT2D eigenvalue weighted by atomic mass is 10.2. The van der Waals surface area contributed by atoms with Crippen LogP contribution in [0.5, 0.6) is 5.88 Å². The van der Waals surface area contributed by atoms with E-state index in [1.54, 1.807) is 13.2 Å². The van der Waals surface area contributed by atoms with Gasteiger partial charge in [0.05, 0.1) is 19.8 Å². The van der Waals surface area contributed by atoms with Gasteiger partial charge in [0.25, 0.3) is 0 Å². The lowest BCUT2D eigenvalue weighted by Crippen LogP contribution is -2.08. The van der Waals surface area contributed by atoms with E-state index >= 15 is 0 Å². The van der Waals surface area contributed by atoms with Gasteiger partial charge in [0, 0.05) is 32.1 Å². The van der Waals surface area contributed by atoms with E-state index in [0.29, 0.717) is 43.3 Å². The Morgan fingerprint density at radius 2 is 1.95 bits per heavy atom. The predicted molar refractivity (Wildman–Crippen MR) is 73.9 cm³/mol. The quantitative estimate of drug-likeness (QED) is 0.516. The molecule has 1 heterocycles. The van der Waals surface area contributed by atoms with E-state index in [-0.39, 0.29) is 5.92 Å². The molecule has 0 unspecified atom stereocenters. The molecule has 1 aromatic rings. The van der Waals surface area contributed by atoms with Gasteiger partial charge in [0.2, 0.25) is 5.88 Å². The molecule has 0 N–H and O–H groups in total. The van der Waals surface area contributed by atoms with Crippen molar-refractivity contribution in [2.45, 2.75) is 26.2 Å². The number of rotatable bonds is 9. The van der Waals surface area contributed by atoms with Gasteiger partial charge in [0.1, 0.15) is 11.0 Å². The van der Waals surface area contributed by atoms with E-state index < -0.39 is 0 Å². The highest BCUT2D eigenvalue weighted by atomic mass is 35.5. The van der Waals surface area contributed by atoms with Crippen molar-refractivity contribution in [1.29, 1.82) is 0 Å². The molecule has 0 bridgehead atoms. The van der Waals surface area contributed by atoms with Crippen LogP contribution >= 0.6 is 11.6 Å². The molecule has 0 aliphatic carbocycles. The first-order valence-electron chi connectivity index (χ1n) is 6.37. The molecular weight excluding hydrogens is 268 g/mol. The fraction of sp³-hybridized carbons (Fsp3) is 0.692. The summed E-state index contributed by atoms with van der Waals surface area (Å²) in [5.74, 6) is 1.43. The average molecular weight is 289 g/mol. The minimum Gasteiger partial charge on any atom is -0.477 e. The smallest absolute Gasteiger partial charge is 0.218 e. The van der Waals surface area contributed by atoms with Gasteiger partial charge in [-0.15, -0.1) is 0 Å². The van der Waals surface area contributed by atoms with Crippen molar-refractivity contribution in [2.24, 2.45) is 0 Å². The molecule has 0 saturated heterocycles. The van der Waals surface area contributed by atoms with Crippen molar-refractivity contribution in [3.8, 4) is 5.88 Å². The molecule has 0 saturated carbocycles. The molecule has 1 rings (SSSR count). The molecular formula is C13H21ClN2O3. The second-order valence-corrected chi connectivity index (χ2v) is 4.74. The molecule has 0 atom stereocenters. The van der Waals surface area contributed by atoms with E-state index in [4.69, 9.17) is 25.8 Å². The van der Waals surface area contributed by atoms with Gasteiger partial charge >= 0.3 is 0 Å². The van der Waals surface area contributed by atoms with Gasteiger partial charge in [-0.1, -0.05) is 25.4 Å². The second-order valence-electron chi connectivity index (χ2n) is 4.35. The number of hydrogen-bond donors (Lipinski definition) is 0. The predicted octanol–water partition coefficient (Wildman–Crippen LogP) is 2.69. The van der Waals surface area contributed by atoms with Crippen LogP contribution in [-0.4, -0.2) is 43.5 Å². The summed E-state index contributed by atoms with van der Waals surface area (Å²) in [5, 5.41) is 0.407. The molecule has 108 valence electrons. The number of nitrogens with zero attached hydrogens (tertiary/aromatic N) is 2. The van der Waals surface area contributed by atoms with Crippen LogP contribution in [0.25, 0.3) is 0 Å². The maximum Gasteiger partial charge on any atom is 0.218 e. The fourth-order valence-corrected chi connectivity index (χ4v) is 1.51. The van der Waals surface area contributed by atoms with Crippen LogP contribution < -0.4 is 4.74 Å². The van der Waals surface area contributed by atoms with E-state index in [1.165, 1.54) is 0 Å². The fourth-order valence-electron chi connectivity index (χ4n) is 1.33. The van der Waals surface area contributed by atoms with Gasteiger partial charge in [-0.05, 0) is 0 Å². The summed E-state index contributed by atoms with van der Waals surface area (Å²) in [7, 11) is 1.65. The minimum absolute atomic E-state index is 0.221. The largest absolute Gasteiger partial charge is 0.477 e. The topological polar surface area (TPSA) is 53.5 Å². The van der Waals surface area contributed by atoms with Crippen LogP contribution in [0.3, 0.4) is 0 Å². The SMILES string of the molecule is COCCOCCCOc1cc(Cl)nc(C(C)C)n1. The molecule has 0 fully saturated rings. The normalized spacial score (nSPS) is 11.0. The van der Waals surface area contributed by atoms with Crippen LogP contribution in [0.4, 0.5) is 0 Å². The van der Waals surface area contributed by atoms with Gasteiger partial charge < -0.3 is 14.2 Å². The first-order chi connectivity index (χ1) is 9.13. The second kappa shape index (κ2) is 9.07. The molecule has 1 aromatic heterocycles. The van der Waals surface area contributed by atoms with Gasteiger partial charge in [-0.2, -0.15) is 4.98 Å². The van der Waals surface area contributed by atoms with Crippen molar-refractivity contribution >= 4 is 11.6 Å². The Kier molecular flexibility index (Phi) is 7.70. The Balaban J connectivity index is 2.29. The summed E-state index contributed by atoms with van der Waals surface area (Å²) < 4.78 is 15.7. The summed E-state index contributed by atoms with van der Waals surface area (Å²) in [4.78, 5) is 8.45. The van der Waals surface area contributed by atoms with Crippen molar-refractivity contribution < 1.29 is 14.2 Å². The standard InChI is InChI=1S/C13H21ClN2O3/c1-10(2)13-15-11(14)9-12(16-13)19-6-4-5-18-8-7-17-3/h9-10H,4-8H2,1-3H3. The van der Waals surface area contributed by atoms with Crippen LogP contribution in [-0.2, 0) is 9.47 Å². The summed E-state index contributed by atoms with van der Waals surface area (Å²) >= 11 is 5.92. The van der Waals surface area contributed by atoms with Crippen LogP contribution in [0, 0.1) is 0 Å². The van der Waals surface area contributed by atoms with Crippen molar-refractivity contribution in [3.05, 3.63) is 17.0 Å². The highest BCUT2D eigenvalue weighted by molar-refractivity contribution is 6.29. The summed E-state index contributed by atoms with van der Waals surface area (Å²) in [5.41, 5.74) is 0. The molecule has 6 heteroatoms. The highest BCUT2D eigenvalue weighted by Gasteiger charge is 2.07. The van der Waals surface area contributed by atoms with E-state index in [0.717, 1.165) is 6.42 Å². The van der Waals surface area contributed by atoms with Crippen molar-refractivity contribution in [1.82, 2.24) is 9.97 Å². The summed E-state index contributed by atoms with van der Waals surface area (Å²) in [6, 6.07) is 1.62. The summed E-state index contributed by atoms with van der Waals surface area (Å²) in [6.45, 7) is 6.42. The van der Waals surface area contributed by atoms with E-state index in [9.17, 15) is 0 Å². The molecule has 19 heavy (non-hydrogen) atoms. The zero-order valence-corrected chi connectivity index (χ0v) is 12.4. The van der Waals surface area contributed by atoms with Crippen LogP contribution in [0.1, 0.15) is 32.0 Å². The maximum atomic E-state index is 5.92. The molecule has 0 aromatic carbocycles. The molecule has 0 radical (unpaired) electrons. The summed E-state index contributed by atoms with van der Waals surface area (Å²) in [6.07, 6.45) is 0.794. The lowest BCUT2D eigenvalue weighted by molar-refractivity contribution is 0.0642. The van der Waals surface area contributed by atoms with Crippen LogP contribution in [0.2, 0.25) is 5.15 Å². The number of hydrogen-bond acceptors (Lipinski definition) is 5. The molecule has 0 aliphatic rings. The van der Waals surface area contributed by atoms with Gasteiger partial charge in [0.15, 0.2) is 0 Å². The maximum absolute atomic E-state index is 5.92. The van der Waals surface area contributed by atoms with Gasteiger partial charge in [-0.25, -0.2) is 4.98 Å². The number of halogens is 1. The Bertz CT molecular complexity index is 375. The lowest BCUT2D eigenvalue weighted by Gasteiger charge is -2.09. The minimum atomic E-state index is 0.221. The number of methoxy groups -OCH3 is 1. The van der Waals surface area contributed by atoms with Gasteiger partial charge in [-0.3, -0.25) is 0 Å². The number of ether oxygens (including phenoxy) is 3. The Morgan fingerprint density at radius 3 is 2.63 bits per heavy atom. The van der Waals surface area contributed by atoms with Crippen molar-refractivity contribution in [2.75, 3.05) is 33.5 Å². The third-order valence-electron chi connectivity index (χ3n) is 2.32. The first-order valence-corrected chi connectivity index (χ1v) is 6.75. The Labute approximate surface area is 119 Å². The number of aromatic nitrogens is 2. The average Bonchev–Trinajstić information content (AvgIpc) is 2.37. The molecule has 0 amide bonds. The van der Waals surface area contributed by atoms with Crippen LogP contribution in [0.15, 0.2) is 6.07 Å². The Hall–Kier alpha value is -0.910. The first kappa shape index (κ1) is 16.1. The molecule has 5 nitrogen and oxygen atoms in total. The van der Waals surface area contributed by atoms with E-state index in [1.807, 2.05) is 13.8 Å². The van der Waals surface area contributed by atoms with Crippen molar-refractivity contribution in [3.63, 3.8) is 0 Å². The zero-order valence-electron chi connectivity index (χ0n) is 11.7. The molecule has 0 aliphatic heterocycles. The molecule has 0 spiro atoms. The third-order valence-corrected chi connectivity index (χ3v) is 2.51. The van der Waals surface area contributed by atoms with E-state index in [2.05, 4.69) is 9.97 Å². The monoisotopic (exact) mass is 288 g/mol. The highest BCUT2D eigenvalue weighted by Crippen LogP contribution is 2.18. The Morgan fingerprint density at radius 1 is 1.16 bits per heavy atom. The third kappa shape index (κ3) is 6.71. The zero-order chi connectivity index (χ0) is 14.1.